The fourth-order valence-corrected chi connectivity index (χ4v) is 2.48. The van der Waals surface area contributed by atoms with Crippen LogP contribution in [0.15, 0.2) is 24.3 Å². The van der Waals surface area contributed by atoms with Gasteiger partial charge in [0.25, 0.3) is 0 Å². The second-order valence-corrected chi connectivity index (χ2v) is 6.37. The molecule has 0 fully saturated rings. The molecule has 0 radical (unpaired) electrons. The van der Waals surface area contributed by atoms with E-state index in [9.17, 15) is 4.79 Å². The average Bonchev–Trinajstić information content (AvgIpc) is 2.42. The third-order valence-electron chi connectivity index (χ3n) is 3.81. The van der Waals surface area contributed by atoms with Gasteiger partial charge in [-0.3, -0.25) is 9.69 Å². The van der Waals surface area contributed by atoms with Gasteiger partial charge in [0.1, 0.15) is 0 Å². The van der Waals surface area contributed by atoms with Gasteiger partial charge in [-0.2, -0.15) is 0 Å². The molecule has 1 unspecified atom stereocenters. The molecule has 1 amide bonds. The Bertz CT molecular complexity index is 479. The van der Waals surface area contributed by atoms with Crippen molar-refractivity contribution in [1.82, 2.24) is 10.2 Å². The first-order valence-electron chi connectivity index (χ1n) is 7.24. The van der Waals surface area contributed by atoms with Crippen LogP contribution in [0.25, 0.3) is 0 Å². The molecule has 0 saturated heterocycles. The molecule has 3 N–H and O–H groups in total. The Hall–Kier alpha value is -1.39. The van der Waals surface area contributed by atoms with Crippen molar-refractivity contribution in [3.8, 4) is 0 Å². The highest BCUT2D eigenvalue weighted by Crippen LogP contribution is 2.20. The number of amides is 1. The molecule has 0 aromatic heterocycles. The minimum absolute atomic E-state index is 0.0582. The van der Waals surface area contributed by atoms with Gasteiger partial charge >= 0.3 is 0 Å². The molecule has 4 heteroatoms. The molecule has 110 valence electrons. The molecule has 1 atom stereocenters. The van der Waals surface area contributed by atoms with Crippen LogP contribution in [0.2, 0.25) is 0 Å². The van der Waals surface area contributed by atoms with Crippen molar-refractivity contribution in [3.05, 3.63) is 35.4 Å². The molecule has 1 aromatic carbocycles. The van der Waals surface area contributed by atoms with Gasteiger partial charge in [-0.05, 0) is 38.3 Å². The number of nitrogens with zero attached hydrogens (tertiary/aromatic N) is 1. The lowest BCUT2D eigenvalue weighted by molar-refractivity contribution is -0.126. The van der Waals surface area contributed by atoms with E-state index in [4.69, 9.17) is 5.73 Å². The number of carbonyl (C=O) groups is 1. The number of fused-ring (bicyclic) bond motifs is 1. The lowest BCUT2D eigenvalue weighted by atomic mass is 9.98. The maximum Gasteiger partial charge on any atom is 0.237 e. The molecule has 4 nitrogen and oxygen atoms in total. The molecule has 20 heavy (non-hydrogen) atoms. The SMILES string of the molecule is CC(C(=O)NCC(C)(C)N)N1CCc2ccccc2C1. The summed E-state index contributed by atoms with van der Waals surface area (Å²) in [6, 6.07) is 8.34. The van der Waals surface area contributed by atoms with Crippen LogP contribution >= 0.6 is 0 Å². The Morgan fingerprint density at radius 3 is 2.70 bits per heavy atom. The molecular formula is C16H25N3O. The van der Waals surface area contributed by atoms with Crippen molar-refractivity contribution in [1.29, 1.82) is 0 Å². The zero-order valence-corrected chi connectivity index (χ0v) is 12.6. The molecule has 1 heterocycles. The van der Waals surface area contributed by atoms with Crippen molar-refractivity contribution < 1.29 is 4.79 Å². The number of rotatable bonds is 4. The highest BCUT2D eigenvalue weighted by Gasteiger charge is 2.25. The average molecular weight is 275 g/mol. The molecule has 0 aliphatic carbocycles. The van der Waals surface area contributed by atoms with Gasteiger partial charge in [0.15, 0.2) is 0 Å². The smallest absolute Gasteiger partial charge is 0.237 e. The molecule has 0 bridgehead atoms. The highest BCUT2D eigenvalue weighted by atomic mass is 16.2. The second-order valence-electron chi connectivity index (χ2n) is 6.37. The van der Waals surface area contributed by atoms with Crippen molar-refractivity contribution in [2.45, 2.75) is 45.3 Å². The summed E-state index contributed by atoms with van der Waals surface area (Å²) in [7, 11) is 0. The largest absolute Gasteiger partial charge is 0.353 e. The molecule has 2 rings (SSSR count). The summed E-state index contributed by atoms with van der Waals surface area (Å²) in [6.45, 7) is 8.06. The van der Waals surface area contributed by atoms with E-state index in [0.29, 0.717) is 6.54 Å². The Kier molecular flexibility index (Phi) is 4.45. The zero-order chi connectivity index (χ0) is 14.8. The van der Waals surface area contributed by atoms with Gasteiger partial charge in [0.2, 0.25) is 5.91 Å². The van der Waals surface area contributed by atoms with E-state index >= 15 is 0 Å². The predicted molar refractivity (Wildman–Crippen MR) is 81.3 cm³/mol. The Labute approximate surface area is 121 Å². The van der Waals surface area contributed by atoms with Crippen molar-refractivity contribution >= 4 is 5.91 Å². The number of carbonyl (C=O) groups excluding carboxylic acids is 1. The van der Waals surface area contributed by atoms with Crippen LogP contribution in [-0.4, -0.2) is 35.5 Å². The second kappa shape index (κ2) is 5.94. The first kappa shape index (κ1) is 15.0. The predicted octanol–water partition coefficient (Wildman–Crippen LogP) is 1.29. The van der Waals surface area contributed by atoms with Crippen molar-refractivity contribution in [3.63, 3.8) is 0 Å². The maximum atomic E-state index is 12.2. The molecule has 1 aromatic rings. The monoisotopic (exact) mass is 275 g/mol. The molecule has 0 spiro atoms. The van der Waals surface area contributed by atoms with E-state index in [-0.39, 0.29) is 17.5 Å². The third-order valence-corrected chi connectivity index (χ3v) is 3.81. The number of benzene rings is 1. The van der Waals surface area contributed by atoms with Gasteiger partial charge < -0.3 is 11.1 Å². The van der Waals surface area contributed by atoms with Gasteiger partial charge in [-0.25, -0.2) is 0 Å². The van der Waals surface area contributed by atoms with E-state index < -0.39 is 0 Å². The summed E-state index contributed by atoms with van der Waals surface area (Å²) >= 11 is 0. The summed E-state index contributed by atoms with van der Waals surface area (Å²) in [5.74, 6) is 0.0582. The van der Waals surface area contributed by atoms with E-state index in [1.54, 1.807) is 0 Å². The van der Waals surface area contributed by atoms with Crippen LogP contribution in [0.3, 0.4) is 0 Å². The Morgan fingerprint density at radius 1 is 1.40 bits per heavy atom. The highest BCUT2D eigenvalue weighted by molar-refractivity contribution is 5.81. The van der Waals surface area contributed by atoms with Gasteiger partial charge in [-0.1, -0.05) is 24.3 Å². The fraction of sp³-hybridized carbons (Fsp3) is 0.562. The van der Waals surface area contributed by atoms with Crippen LogP contribution in [-0.2, 0) is 17.8 Å². The first-order valence-corrected chi connectivity index (χ1v) is 7.24. The summed E-state index contributed by atoms with van der Waals surface area (Å²) in [6.07, 6.45) is 1.01. The van der Waals surface area contributed by atoms with E-state index in [1.165, 1.54) is 11.1 Å². The van der Waals surface area contributed by atoms with Crippen LogP contribution in [0.5, 0.6) is 0 Å². The molecule has 1 aliphatic heterocycles. The standard InChI is InChI=1S/C16H25N3O/c1-12(15(20)18-11-16(2,3)17)19-9-8-13-6-4-5-7-14(13)10-19/h4-7,12H,8-11,17H2,1-3H3,(H,18,20). The van der Waals surface area contributed by atoms with Crippen LogP contribution in [0.1, 0.15) is 31.9 Å². The van der Waals surface area contributed by atoms with E-state index in [1.807, 2.05) is 20.8 Å². The first-order chi connectivity index (χ1) is 9.37. The number of hydrogen-bond acceptors (Lipinski definition) is 3. The van der Waals surface area contributed by atoms with Crippen LogP contribution in [0, 0.1) is 0 Å². The third kappa shape index (κ3) is 3.81. The zero-order valence-electron chi connectivity index (χ0n) is 12.6. The summed E-state index contributed by atoms with van der Waals surface area (Å²) in [5.41, 5.74) is 8.26. The number of nitrogens with two attached hydrogens (primary N) is 1. The number of hydrogen-bond donors (Lipinski definition) is 2. The summed E-state index contributed by atoms with van der Waals surface area (Å²) in [4.78, 5) is 14.4. The van der Waals surface area contributed by atoms with Crippen molar-refractivity contribution in [2.75, 3.05) is 13.1 Å². The topological polar surface area (TPSA) is 58.4 Å². The van der Waals surface area contributed by atoms with Gasteiger partial charge in [0.05, 0.1) is 6.04 Å². The minimum atomic E-state index is -0.371. The van der Waals surface area contributed by atoms with Crippen LogP contribution in [0.4, 0.5) is 0 Å². The molecular weight excluding hydrogens is 250 g/mol. The Balaban J connectivity index is 1.94. The van der Waals surface area contributed by atoms with Crippen molar-refractivity contribution in [2.24, 2.45) is 5.73 Å². The van der Waals surface area contributed by atoms with E-state index in [2.05, 4.69) is 34.5 Å². The molecule has 0 saturated carbocycles. The maximum absolute atomic E-state index is 12.2. The lowest BCUT2D eigenvalue weighted by Crippen LogP contribution is -2.51. The van der Waals surface area contributed by atoms with Gasteiger partial charge in [0, 0.05) is 25.2 Å². The Morgan fingerprint density at radius 2 is 2.05 bits per heavy atom. The number of nitrogens with one attached hydrogen (secondary N) is 1. The quantitative estimate of drug-likeness (QED) is 0.870. The summed E-state index contributed by atoms with van der Waals surface area (Å²) in [5, 5.41) is 2.94. The van der Waals surface area contributed by atoms with Crippen LogP contribution < -0.4 is 11.1 Å². The fourth-order valence-electron chi connectivity index (χ4n) is 2.48. The van der Waals surface area contributed by atoms with Gasteiger partial charge in [-0.15, -0.1) is 0 Å². The molecule has 1 aliphatic rings. The minimum Gasteiger partial charge on any atom is -0.353 e. The summed E-state index contributed by atoms with van der Waals surface area (Å²) < 4.78 is 0. The lowest BCUT2D eigenvalue weighted by Gasteiger charge is -2.33. The normalized spacial score (nSPS) is 17.4. The van der Waals surface area contributed by atoms with E-state index in [0.717, 1.165) is 19.5 Å².